The molecule has 0 radical (unpaired) electrons. The van der Waals surface area contributed by atoms with E-state index in [1.54, 1.807) is 6.92 Å². The summed E-state index contributed by atoms with van der Waals surface area (Å²) in [6.07, 6.45) is 2.74. The van der Waals surface area contributed by atoms with Gasteiger partial charge in [0.25, 0.3) is 0 Å². The molecule has 202 valence electrons. The van der Waals surface area contributed by atoms with E-state index in [0.717, 1.165) is 17.3 Å². The lowest BCUT2D eigenvalue weighted by atomic mass is 10.0. The molecule has 0 unspecified atom stereocenters. The fourth-order valence-corrected chi connectivity index (χ4v) is 4.10. The number of rotatable bonds is 14. The summed E-state index contributed by atoms with van der Waals surface area (Å²) in [6, 6.07) is 8.34. The molecule has 12 heteroatoms. The molecule has 0 saturated heterocycles. The van der Waals surface area contributed by atoms with Crippen molar-refractivity contribution in [2.45, 2.75) is 64.6 Å². The first-order valence-electron chi connectivity index (χ1n) is 12.0. The molecule has 2 aromatic rings. The molecule has 1 aromatic carbocycles. The molecule has 0 fully saturated rings. The Kier molecular flexibility index (Phi) is 11.7. The van der Waals surface area contributed by atoms with Crippen LogP contribution in [0.25, 0.3) is 0 Å². The molecule has 0 saturated carbocycles. The third kappa shape index (κ3) is 9.96. The van der Waals surface area contributed by atoms with Crippen molar-refractivity contribution in [3.8, 4) is 0 Å². The molecule has 37 heavy (non-hydrogen) atoms. The minimum atomic E-state index is -1.39. The van der Waals surface area contributed by atoms with Crippen LogP contribution in [0, 0.1) is 5.92 Å². The van der Waals surface area contributed by atoms with E-state index in [4.69, 9.17) is 9.47 Å². The number of nitrogens with zero attached hydrogens (tertiary/aromatic N) is 3. The maximum atomic E-state index is 13.1. The van der Waals surface area contributed by atoms with Crippen molar-refractivity contribution < 1.29 is 28.7 Å². The average molecular weight is 534 g/mol. The summed E-state index contributed by atoms with van der Waals surface area (Å²) in [6.45, 7) is 8.59. The Hall–Kier alpha value is -3.25. The number of carbonyl (C=O) groups is 4. The number of ether oxygens (including phenoxy) is 2. The first kappa shape index (κ1) is 30.0. The van der Waals surface area contributed by atoms with Gasteiger partial charge in [-0.2, -0.15) is 5.10 Å². The van der Waals surface area contributed by atoms with Crippen molar-refractivity contribution in [1.82, 2.24) is 25.4 Å². The van der Waals surface area contributed by atoms with Crippen LogP contribution in [0.1, 0.15) is 40.2 Å². The highest BCUT2D eigenvalue weighted by atomic mass is 32.2. The SMILES string of the molecule is CCOC(=O)[C@H](COCc1ccccc1)NC(=O)C(C)(C)NC(=O)[C@@H](SC(=O)Cn1cncn1)C(C)C. The van der Waals surface area contributed by atoms with Crippen LogP contribution >= 0.6 is 11.8 Å². The second kappa shape index (κ2) is 14.5. The average Bonchev–Trinajstić information content (AvgIpc) is 3.35. The van der Waals surface area contributed by atoms with E-state index in [2.05, 4.69) is 20.7 Å². The Balaban J connectivity index is 2.00. The molecule has 0 aliphatic carbocycles. The first-order valence-corrected chi connectivity index (χ1v) is 12.8. The fourth-order valence-electron chi connectivity index (χ4n) is 3.17. The number of hydrogen-bond donors (Lipinski definition) is 2. The molecule has 0 spiro atoms. The molecular weight excluding hydrogens is 498 g/mol. The van der Waals surface area contributed by atoms with Gasteiger partial charge in [-0.25, -0.2) is 14.5 Å². The van der Waals surface area contributed by atoms with Gasteiger partial charge in [0.2, 0.25) is 16.9 Å². The zero-order valence-electron chi connectivity index (χ0n) is 21.8. The maximum Gasteiger partial charge on any atom is 0.331 e. The predicted molar refractivity (Wildman–Crippen MR) is 138 cm³/mol. The van der Waals surface area contributed by atoms with Gasteiger partial charge in [-0.1, -0.05) is 55.9 Å². The van der Waals surface area contributed by atoms with Crippen molar-refractivity contribution in [2.24, 2.45) is 5.92 Å². The Morgan fingerprint density at radius 3 is 2.43 bits per heavy atom. The molecule has 2 N–H and O–H groups in total. The van der Waals surface area contributed by atoms with Gasteiger partial charge >= 0.3 is 5.97 Å². The topological polar surface area (TPSA) is 142 Å². The predicted octanol–water partition coefficient (Wildman–Crippen LogP) is 1.72. The molecule has 2 rings (SSSR count). The monoisotopic (exact) mass is 533 g/mol. The summed E-state index contributed by atoms with van der Waals surface area (Å²) in [5, 5.41) is 8.23. The molecule has 11 nitrogen and oxygen atoms in total. The van der Waals surface area contributed by atoms with Gasteiger partial charge < -0.3 is 20.1 Å². The van der Waals surface area contributed by atoms with Crippen molar-refractivity contribution in [3.63, 3.8) is 0 Å². The van der Waals surface area contributed by atoms with Gasteiger partial charge in [-0.05, 0) is 32.3 Å². The van der Waals surface area contributed by atoms with E-state index >= 15 is 0 Å². The Morgan fingerprint density at radius 2 is 1.84 bits per heavy atom. The fraction of sp³-hybridized carbons (Fsp3) is 0.520. The zero-order valence-corrected chi connectivity index (χ0v) is 22.6. The van der Waals surface area contributed by atoms with Gasteiger partial charge in [0.05, 0.1) is 25.1 Å². The summed E-state index contributed by atoms with van der Waals surface area (Å²) in [5.41, 5.74) is -0.469. The second-order valence-corrected chi connectivity index (χ2v) is 10.3. The standard InChI is InChI=1S/C25H35N5O6S/c1-6-36-23(33)19(14-35-13-18-10-8-7-9-11-18)28-24(34)25(4,5)29-22(32)21(17(2)3)37-20(31)12-30-16-26-15-27-30/h7-11,15-17,19,21H,6,12-14H2,1-5H3,(H,28,34)(H,29,32)/t19-,21-/m0/s1. The van der Waals surface area contributed by atoms with E-state index in [1.807, 2.05) is 44.2 Å². The van der Waals surface area contributed by atoms with E-state index in [-0.39, 0.29) is 37.4 Å². The minimum Gasteiger partial charge on any atom is -0.464 e. The Morgan fingerprint density at radius 1 is 1.14 bits per heavy atom. The van der Waals surface area contributed by atoms with Crippen molar-refractivity contribution >= 4 is 34.7 Å². The smallest absolute Gasteiger partial charge is 0.331 e. The highest BCUT2D eigenvalue weighted by Crippen LogP contribution is 2.22. The number of aromatic nitrogens is 3. The van der Waals surface area contributed by atoms with Crippen molar-refractivity contribution in [3.05, 3.63) is 48.5 Å². The highest BCUT2D eigenvalue weighted by Gasteiger charge is 2.36. The summed E-state index contributed by atoms with van der Waals surface area (Å²) >= 11 is 0.881. The van der Waals surface area contributed by atoms with Crippen LogP contribution in [0.5, 0.6) is 0 Å². The lowest BCUT2D eigenvalue weighted by molar-refractivity contribution is -0.150. The largest absolute Gasteiger partial charge is 0.464 e. The van der Waals surface area contributed by atoms with Crippen LogP contribution in [0.3, 0.4) is 0 Å². The molecule has 0 aliphatic rings. The van der Waals surface area contributed by atoms with Crippen LogP contribution in [0.2, 0.25) is 0 Å². The number of carbonyl (C=O) groups excluding carboxylic acids is 4. The third-order valence-corrected chi connectivity index (χ3v) is 6.56. The number of nitrogens with one attached hydrogen (secondary N) is 2. The van der Waals surface area contributed by atoms with E-state index < -0.39 is 34.6 Å². The molecule has 1 aromatic heterocycles. The molecule has 1 heterocycles. The normalized spacial score (nSPS) is 13.0. The summed E-state index contributed by atoms with van der Waals surface area (Å²) in [4.78, 5) is 54.9. The van der Waals surface area contributed by atoms with Crippen LogP contribution in [-0.2, 0) is 41.8 Å². The van der Waals surface area contributed by atoms with Gasteiger partial charge in [0.1, 0.15) is 24.7 Å². The Labute approximate surface area is 221 Å². The molecule has 2 atom stereocenters. The summed E-state index contributed by atoms with van der Waals surface area (Å²) < 4.78 is 12.1. The van der Waals surface area contributed by atoms with Crippen molar-refractivity contribution in [2.75, 3.05) is 13.2 Å². The van der Waals surface area contributed by atoms with Gasteiger partial charge in [0, 0.05) is 0 Å². The van der Waals surface area contributed by atoms with Gasteiger partial charge in [0.15, 0.2) is 6.04 Å². The van der Waals surface area contributed by atoms with Gasteiger partial charge in [-0.3, -0.25) is 14.4 Å². The lowest BCUT2D eigenvalue weighted by Gasteiger charge is -2.30. The quantitative estimate of drug-likeness (QED) is 0.347. The van der Waals surface area contributed by atoms with Crippen LogP contribution < -0.4 is 10.6 Å². The van der Waals surface area contributed by atoms with Crippen molar-refractivity contribution in [1.29, 1.82) is 0 Å². The number of thioether (sulfide) groups is 1. The van der Waals surface area contributed by atoms with Crippen LogP contribution in [0.4, 0.5) is 0 Å². The molecule has 0 aliphatic heterocycles. The number of hydrogen-bond acceptors (Lipinski definition) is 9. The first-order chi connectivity index (χ1) is 17.5. The number of esters is 1. The number of benzene rings is 1. The third-order valence-electron chi connectivity index (χ3n) is 5.16. The number of amides is 2. The van der Waals surface area contributed by atoms with E-state index in [1.165, 1.54) is 31.2 Å². The van der Waals surface area contributed by atoms with Gasteiger partial charge in [-0.15, -0.1) is 0 Å². The Bertz CT molecular complexity index is 1030. The molecule has 2 amide bonds. The molecule has 0 bridgehead atoms. The van der Waals surface area contributed by atoms with E-state index in [9.17, 15) is 19.2 Å². The minimum absolute atomic E-state index is 0.0325. The second-order valence-electron chi connectivity index (χ2n) is 9.14. The van der Waals surface area contributed by atoms with Crippen LogP contribution in [-0.4, -0.2) is 67.7 Å². The summed E-state index contributed by atoms with van der Waals surface area (Å²) in [5.74, 6) is -1.90. The highest BCUT2D eigenvalue weighted by molar-refractivity contribution is 8.14. The zero-order chi connectivity index (χ0) is 27.4. The maximum absolute atomic E-state index is 13.1. The summed E-state index contributed by atoms with van der Waals surface area (Å²) in [7, 11) is 0. The molecular formula is C25H35N5O6S. The lowest BCUT2D eigenvalue weighted by Crippen LogP contribution is -2.60. The van der Waals surface area contributed by atoms with E-state index in [0.29, 0.717) is 0 Å². The van der Waals surface area contributed by atoms with Crippen LogP contribution in [0.15, 0.2) is 43.0 Å².